The minimum atomic E-state index is 0.313. The average Bonchev–Trinajstić information content (AvgIpc) is 2.62. The summed E-state index contributed by atoms with van der Waals surface area (Å²) in [7, 11) is 0. The summed E-state index contributed by atoms with van der Waals surface area (Å²) in [6.07, 6.45) is 1.82. The molecule has 82 valence electrons. The van der Waals surface area contributed by atoms with Crippen LogP contribution in [-0.4, -0.2) is 42.4 Å². The number of Topliss-reactive ketones (excluding diaryl/α,β-unsaturated/α-hetero) is 1. The summed E-state index contributed by atoms with van der Waals surface area (Å²) in [6, 6.07) is 1.15. The Labute approximate surface area is 86.9 Å². The van der Waals surface area contributed by atoms with Crippen LogP contribution in [0.5, 0.6) is 0 Å². The molecular weight excluding hydrogens is 176 g/mol. The maximum atomic E-state index is 11.1. The van der Waals surface area contributed by atoms with Crippen LogP contribution >= 0.6 is 0 Å². The van der Waals surface area contributed by atoms with Gasteiger partial charge in [0.25, 0.3) is 0 Å². The van der Waals surface area contributed by atoms with E-state index in [1.54, 1.807) is 0 Å². The predicted octanol–water partition coefficient (Wildman–Crippen LogP) is 1.04. The maximum Gasteiger partial charge on any atom is 0.146 e. The van der Waals surface area contributed by atoms with Gasteiger partial charge in [0.2, 0.25) is 0 Å². The van der Waals surface area contributed by atoms with Gasteiger partial charge in [-0.15, -0.1) is 0 Å². The van der Waals surface area contributed by atoms with Gasteiger partial charge in [-0.2, -0.15) is 0 Å². The Balaban J connectivity index is 2.19. The van der Waals surface area contributed by atoms with Gasteiger partial charge < -0.3 is 5.32 Å². The van der Waals surface area contributed by atoms with Crippen molar-refractivity contribution in [3.8, 4) is 0 Å². The Morgan fingerprint density at radius 1 is 1.57 bits per heavy atom. The van der Waals surface area contributed by atoms with Crippen LogP contribution < -0.4 is 5.32 Å². The fourth-order valence-corrected chi connectivity index (χ4v) is 1.81. The molecule has 0 aromatic carbocycles. The predicted molar refractivity (Wildman–Crippen MR) is 58.4 cm³/mol. The molecule has 3 nitrogen and oxygen atoms in total. The summed E-state index contributed by atoms with van der Waals surface area (Å²) in [5.41, 5.74) is 0. The van der Waals surface area contributed by atoms with Gasteiger partial charge in [-0.3, -0.25) is 9.69 Å². The SMILES string of the molecule is CCC(=O)CN[C@@H]1CCN(C(C)C)C1. The molecule has 0 unspecified atom stereocenters. The second-order valence-electron chi connectivity index (χ2n) is 4.35. The zero-order chi connectivity index (χ0) is 10.6. The zero-order valence-electron chi connectivity index (χ0n) is 9.55. The highest BCUT2D eigenvalue weighted by atomic mass is 16.1. The van der Waals surface area contributed by atoms with Crippen molar-refractivity contribution in [1.29, 1.82) is 0 Å². The van der Waals surface area contributed by atoms with E-state index in [4.69, 9.17) is 0 Å². The van der Waals surface area contributed by atoms with Crippen LogP contribution in [0.4, 0.5) is 0 Å². The molecule has 1 rings (SSSR count). The quantitative estimate of drug-likeness (QED) is 0.716. The van der Waals surface area contributed by atoms with E-state index in [0.717, 1.165) is 13.1 Å². The Morgan fingerprint density at radius 2 is 2.29 bits per heavy atom. The topological polar surface area (TPSA) is 32.3 Å². The van der Waals surface area contributed by atoms with Crippen LogP contribution in [0.3, 0.4) is 0 Å². The number of rotatable bonds is 5. The molecule has 0 radical (unpaired) electrons. The molecule has 1 aliphatic heterocycles. The van der Waals surface area contributed by atoms with Crippen LogP contribution in [0, 0.1) is 0 Å². The lowest BCUT2D eigenvalue weighted by molar-refractivity contribution is -0.118. The molecule has 14 heavy (non-hydrogen) atoms. The average molecular weight is 198 g/mol. The smallest absolute Gasteiger partial charge is 0.146 e. The van der Waals surface area contributed by atoms with Crippen molar-refractivity contribution in [2.75, 3.05) is 19.6 Å². The number of hydrogen-bond acceptors (Lipinski definition) is 3. The molecule has 1 heterocycles. The van der Waals surface area contributed by atoms with Gasteiger partial charge >= 0.3 is 0 Å². The van der Waals surface area contributed by atoms with E-state index in [9.17, 15) is 4.79 Å². The normalized spacial score (nSPS) is 23.3. The standard InChI is InChI=1S/C11H22N2O/c1-4-11(14)7-12-10-5-6-13(8-10)9(2)3/h9-10,12H,4-8H2,1-3H3/t10-/m1/s1. The fraction of sp³-hybridized carbons (Fsp3) is 0.909. The Morgan fingerprint density at radius 3 is 2.79 bits per heavy atom. The van der Waals surface area contributed by atoms with Crippen LogP contribution in [0.25, 0.3) is 0 Å². The van der Waals surface area contributed by atoms with Crippen molar-refractivity contribution < 1.29 is 4.79 Å². The first-order chi connectivity index (χ1) is 6.63. The fourth-order valence-electron chi connectivity index (χ4n) is 1.81. The minimum Gasteiger partial charge on any atom is -0.306 e. The van der Waals surface area contributed by atoms with Crippen LogP contribution in [0.1, 0.15) is 33.6 Å². The highest BCUT2D eigenvalue weighted by Crippen LogP contribution is 2.11. The van der Waals surface area contributed by atoms with E-state index in [2.05, 4.69) is 24.1 Å². The first kappa shape index (κ1) is 11.7. The second-order valence-corrected chi connectivity index (χ2v) is 4.35. The lowest BCUT2D eigenvalue weighted by Crippen LogP contribution is -2.37. The van der Waals surface area contributed by atoms with Gasteiger partial charge in [0.1, 0.15) is 5.78 Å². The lowest BCUT2D eigenvalue weighted by Gasteiger charge is -2.20. The van der Waals surface area contributed by atoms with E-state index in [1.807, 2.05) is 6.92 Å². The largest absolute Gasteiger partial charge is 0.306 e. The highest BCUT2D eigenvalue weighted by Gasteiger charge is 2.23. The third-order valence-corrected chi connectivity index (χ3v) is 2.93. The zero-order valence-corrected chi connectivity index (χ0v) is 9.55. The Bertz CT molecular complexity index is 192. The van der Waals surface area contributed by atoms with E-state index in [0.29, 0.717) is 30.8 Å². The third-order valence-electron chi connectivity index (χ3n) is 2.93. The van der Waals surface area contributed by atoms with Gasteiger partial charge in [-0.05, 0) is 26.8 Å². The molecule has 1 N–H and O–H groups in total. The number of carbonyl (C=O) groups excluding carboxylic acids is 1. The van der Waals surface area contributed by atoms with Gasteiger partial charge in [-0.1, -0.05) is 6.92 Å². The molecular formula is C11H22N2O. The number of likely N-dealkylation sites (tertiary alicyclic amines) is 1. The molecule has 1 atom stereocenters. The minimum absolute atomic E-state index is 0.313. The summed E-state index contributed by atoms with van der Waals surface area (Å²) in [5.74, 6) is 0.313. The number of nitrogens with one attached hydrogen (secondary N) is 1. The maximum absolute atomic E-state index is 11.1. The van der Waals surface area contributed by atoms with Crippen molar-refractivity contribution in [2.45, 2.75) is 45.7 Å². The van der Waals surface area contributed by atoms with Gasteiger partial charge in [0.15, 0.2) is 0 Å². The van der Waals surface area contributed by atoms with Crippen LogP contribution in [0.2, 0.25) is 0 Å². The summed E-state index contributed by atoms with van der Waals surface area (Å²) >= 11 is 0. The van der Waals surface area contributed by atoms with E-state index in [-0.39, 0.29) is 0 Å². The van der Waals surface area contributed by atoms with E-state index < -0.39 is 0 Å². The summed E-state index contributed by atoms with van der Waals surface area (Å²) in [5, 5.41) is 3.33. The molecule has 1 saturated heterocycles. The van der Waals surface area contributed by atoms with Crippen molar-refractivity contribution in [3.63, 3.8) is 0 Å². The lowest BCUT2D eigenvalue weighted by atomic mass is 10.2. The summed E-state index contributed by atoms with van der Waals surface area (Å²) < 4.78 is 0. The number of nitrogens with zero attached hydrogens (tertiary/aromatic N) is 1. The molecule has 0 bridgehead atoms. The van der Waals surface area contributed by atoms with Crippen molar-refractivity contribution in [2.24, 2.45) is 0 Å². The summed E-state index contributed by atoms with van der Waals surface area (Å²) in [4.78, 5) is 13.6. The van der Waals surface area contributed by atoms with Gasteiger partial charge in [0, 0.05) is 25.0 Å². The molecule has 3 heteroatoms. The number of carbonyl (C=O) groups is 1. The molecule has 1 aliphatic rings. The van der Waals surface area contributed by atoms with Gasteiger partial charge in [0.05, 0.1) is 6.54 Å². The van der Waals surface area contributed by atoms with Crippen molar-refractivity contribution in [1.82, 2.24) is 10.2 Å². The molecule has 0 spiro atoms. The highest BCUT2D eigenvalue weighted by molar-refractivity contribution is 5.80. The summed E-state index contributed by atoms with van der Waals surface area (Å²) in [6.45, 7) is 9.16. The van der Waals surface area contributed by atoms with E-state index >= 15 is 0 Å². The molecule has 1 fully saturated rings. The van der Waals surface area contributed by atoms with Crippen LogP contribution in [0.15, 0.2) is 0 Å². The monoisotopic (exact) mass is 198 g/mol. The first-order valence-electron chi connectivity index (χ1n) is 5.62. The Hall–Kier alpha value is -0.410. The molecule has 0 saturated carbocycles. The molecule has 0 aromatic rings. The van der Waals surface area contributed by atoms with Crippen LogP contribution in [-0.2, 0) is 4.79 Å². The first-order valence-corrected chi connectivity index (χ1v) is 5.62. The molecule has 0 aliphatic carbocycles. The van der Waals surface area contributed by atoms with Crippen molar-refractivity contribution >= 4 is 5.78 Å². The molecule has 0 aromatic heterocycles. The number of hydrogen-bond donors (Lipinski definition) is 1. The third kappa shape index (κ3) is 3.39. The molecule has 0 amide bonds. The van der Waals surface area contributed by atoms with Gasteiger partial charge in [-0.25, -0.2) is 0 Å². The number of ketones is 1. The van der Waals surface area contributed by atoms with Crippen molar-refractivity contribution in [3.05, 3.63) is 0 Å². The Kier molecular flexibility index (Phi) is 4.55. The van der Waals surface area contributed by atoms with E-state index in [1.165, 1.54) is 6.42 Å². The second kappa shape index (κ2) is 5.47.